The summed E-state index contributed by atoms with van der Waals surface area (Å²) in [6.07, 6.45) is 8.10. The molecule has 0 fully saturated rings. The second-order valence-corrected chi connectivity index (χ2v) is 4.90. The molecule has 1 aliphatic carbocycles. The van der Waals surface area contributed by atoms with Crippen LogP contribution in [0.5, 0.6) is 0 Å². The first-order valence-corrected chi connectivity index (χ1v) is 6.71. The van der Waals surface area contributed by atoms with Gasteiger partial charge >= 0.3 is 0 Å². The van der Waals surface area contributed by atoms with Crippen molar-refractivity contribution in [3.8, 4) is 0 Å². The number of hydrogen-bond donors (Lipinski definition) is 1. The fourth-order valence-corrected chi connectivity index (χ4v) is 2.41. The maximum atomic E-state index is 4.51. The lowest BCUT2D eigenvalue weighted by Gasteiger charge is -2.15. The summed E-state index contributed by atoms with van der Waals surface area (Å²) < 4.78 is 2.28. The van der Waals surface area contributed by atoms with Crippen LogP contribution in [0.25, 0.3) is 0 Å². The predicted molar refractivity (Wildman–Crippen MR) is 71.2 cm³/mol. The molecule has 0 unspecified atom stereocenters. The highest BCUT2D eigenvalue weighted by molar-refractivity contribution is 5.17. The fraction of sp³-hybridized carbons (Fsp3) is 0.643. The molecule has 1 aromatic rings. The highest BCUT2D eigenvalue weighted by Gasteiger charge is 2.15. The average Bonchev–Trinajstić information content (AvgIpc) is 2.73. The molecule has 0 saturated carbocycles. The standard InChI is InChI=1S/C14H23N3/c1-3-8-15-9-12(2)10-17-11-16-13-6-4-5-7-14(13)17/h11,15H,2-10H2,1H3. The van der Waals surface area contributed by atoms with Gasteiger partial charge in [-0.1, -0.05) is 13.5 Å². The van der Waals surface area contributed by atoms with Crippen LogP contribution in [0.15, 0.2) is 18.5 Å². The number of nitrogens with one attached hydrogen (secondary N) is 1. The first kappa shape index (κ1) is 12.4. The predicted octanol–water partition coefficient (Wildman–Crippen LogP) is 2.32. The van der Waals surface area contributed by atoms with E-state index in [-0.39, 0.29) is 0 Å². The zero-order chi connectivity index (χ0) is 12.1. The number of rotatable bonds is 6. The van der Waals surface area contributed by atoms with E-state index in [0.717, 1.165) is 26.1 Å². The summed E-state index contributed by atoms with van der Waals surface area (Å²) in [5.74, 6) is 0. The monoisotopic (exact) mass is 233 g/mol. The van der Waals surface area contributed by atoms with E-state index in [4.69, 9.17) is 0 Å². The molecule has 0 amide bonds. The molecule has 0 aromatic carbocycles. The first-order chi connectivity index (χ1) is 8.31. The van der Waals surface area contributed by atoms with Crippen molar-refractivity contribution in [3.05, 3.63) is 29.9 Å². The molecule has 1 heterocycles. The Bertz CT molecular complexity index is 379. The Morgan fingerprint density at radius 3 is 3.12 bits per heavy atom. The summed E-state index contributed by atoms with van der Waals surface area (Å²) in [6.45, 7) is 9.23. The summed E-state index contributed by atoms with van der Waals surface area (Å²) in [4.78, 5) is 4.51. The zero-order valence-electron chi connectivity index (χ0n) is 10.8. The smallest absolute Gasteiger partial charge is 0.0954 e. The average molecular weight is 233 g/mol. The molecule has 0 saturated heterocycles. The Balaban J connectivity index is 1.90. The molecular weight excluding hydrogens is 210 g/mol. The third kappa shape index (κ3) is 3.19. The normalized spacial score (nSPS) is 14.6. The van der Waals surface area contributed by atoms with Gasteiger partial charge in [0.15, 0.2) is 0 Å². The molecular formula is C14H23N3. The third-order valence-corrected chi connectivity index (χ3v) is 3.31. The maximum Gasteiger partial charge on any atom is 0.0954 e. The van der Waals surface area contributed by atoms with Gasteiger partial charge in [0.2, 0.25) is 0 Å². The van der Waals surface area contributed by atoms with Crippen LogP contribution in [0.1, 0.15) is 37.6 Å². The van der Waals surface area contributed by atoms with E-state index < -0.39 is 0 Å². The van der Waals surface area contributed by atoms with E-state index >= 15 is 0 Å². The van der Waals surface area contributed by atoms with Crippen LogP contribution in [0.2, 0.25) is 0 Å². The molecule has 94 valence electrons. The topological polar surface area (TPSA) is 29.9 Å². The van der Waals surface area contributed by atoms with E-state index in [1.807, 2.05) is 6.33 Å². The Kier molecular flexibility index (Phi) is 4.37. The molecule has 1 aromatic heterocycles. The van der Waals surface area contributed by atoms with Crippen molar-refractivity contribution in [1.29, 1.82) is 0 Å². The van der Waals surface area contributed by atoms with Gasteiger partial charge in [0, 0.05) is 18.8 Å². The van der Waals surface area contributed by atoms with Crippen molar-refractivity contribution < 1.29 is 0 Å². The molecule has 0 spiro atoms. The minimum Gasteiger partial charge on any atom is -0.330 e. The Labute approximate surface area is 104 Å². The number of nitrogens with zero attached hydrogens (tertiary/aromatic N) is 2. The Morgan fingerprint density at radius 1 is 1.47 bits per heavy atom. The second kappa shape index (κ2) is 6.01. The van der Waals surface area contributed by atoms with E-state index in [0.29, 0.717) is 0 Å². The van der Waals surface area contributed by atoms with Gasteiger partial charge in [-0.3, -0.25) is 0 Å². The minimum absolute atomic E-state index is 0.916. The number of imidazole rings is 1. The molecule has 3 heteroatoms. The van der Waals surface area contributed by atoms with E-state index in [1.54, 1.807) is 0 Å². The molecule has 1 aliphatic rings. The van der Waals surface area contributed by atoms with Crippen LogP contribution in [0, 0.1) is 0 Å². The van der Waals surface area contributed by atoms with Gasteiger partial charge in [-0.15, -0.1) is 0 Å². The van der Waals surface area contributed by atoms with Gasteiger partial charge < -0.3 is 9.88 Å². The summed E-state index contributed by atoms with van der Waals surface area (Å²) in [7, 11) is 0. The van der Waals surface area contributed by atoms with Crippen molar-refractivity contribution in [2.75, 3.05) is 13.1 Å². The van der Waals surface area contributed by atoms with E-state index in [1.165, 1.54) is 42.6 Å². The molecule has 3 nitrogen and oxygen atoms in total. The lowest BCUT2D eigenvalue weighted by molar-refractivity contribution is 0.614. The Hall–Kier alpha value is -1.09. The van der Waals surface area contributed by atoms with Crippen molar-refractivity contribution in [3.63, 3.8) is 0 Å². The highest BCUT2D eigenvalue weighted by atomic mass is 15.1. The largest absolute Gasteiger partial charge is 0.330 e. The SMILES string of the molecule is C=C(CNCCC)Cn1cnc2c1CCCC2. The van der Waals surface area contributed by atoms with Crippen LogP contribution in [0.3, 0.4) is 0 Å². The van der Waals surface area contributed by atoms with E-state index in [2.05, 4.69) is 28.4 Å². The maximum absolute atomic E-state index is 4.51. The van der Waals surface area contributed by atoms with Crippen LogP contribution < -0.4 is 5.32 Å². The lowest BCUT2D eigenvalue weighted by atomic mass is 10.0. The molecule has 0 atom stereocenters. The van der Waals surface area contributed by atoms with Crippen molar-refractivity contribution in [1.82, 2.24) is 14.9 Å². The number of hydrogen-bond acceptors (Lipinski definition) is 2. The fourth-order valence-electron chi connectivity index (χ4n) is 2.41. The summed E-state index contributed by atoms with van der Waals surface area (Å²) in [5.41, 5.74) is 3.99. The minimum atomic E-state index is 0.916. The van der Waals surface area contributed by atoms with Gasteiger partial charge in [-0.25, -0.2) is 4.98 Å². The quantitative estimate of drug-likeness (QED) is 0.603. The molecule has 0 aliphatic heterocycles. The van der Waals surface area contributed by atoms with Crippen molar-refractivity contribution in [2.45, 2.75) is 45.6 Å². The third-order valence-electron chi connectivity index (χ3n) is 3.31. The van der Waals surface area contributed by atoms with Crippen LogP contribution in [-0.2, 0) is 19.4 Å². The zero-order valence-corrected chi connectivity index (χ0v) is 10.8. The molecule has 0 bridgehead atoms. The van der Waals surface area contributed by atoms with Crippen LogP contribution >= 0.6 is 0 Å². The summed E-state index contributed by atoms with van der Waals surface area (Å²) in [6, 6.07) is 0. The van der Waals surface area contributed by atoms with Crippen LogP contribution in [-0.4, -0.2) is 22.6 Å². The van der Waals surface area contributed by atoms with Crippen molar-refractivity contribution in [2.24, 2.45) is 0 Å². The van der Waals surface area contributed by atoms with Gasteiger partial charge in [0.1, 0.15) is 0 Å². The molecule has 2 rings (SSSR count). The molecule has 0 radical (unpaired) electrons. The second-order valence-electron chi connectivity index (χ2n) is 4.90. The molecule has 17 heavy (non-hydrogen) atoms. The first-order valence-electron chi connectivity index (χ1n) is 6.71. The van der Waals surface area contributed by atoms with Gasteiger partial charge in [-0.2, -0.15) is 0 Å². The number of fused-ring (bicyclic) bond motifs is 1. The van der Waals surface area contributed by atoms with E-state index in [9.17, 15) is 0 Å². The number of aromatic nitrogens is 2. The molecule has 1 N–H and O–H groups in total. The van der Waals surface area contributed by atoms with Crippen LogP contribution in [0.4, 0.5) is 0 Å². The Morgan fingerprint density at radius 2 is 2.29 bits per heavy atom. The highest BCUT2D eigenvalue weighted by Crippen LogP contribution is 2.20. The van der Waals surface area contributed by atoms with Crippen molar-refractivity contribution >= 4 is 0 Å². The van der Waals surface area contributed by atoms with Gasteiger partial charge in [-0.05, 0) is 44.2 Å². The summed E-state index contributed by atoms with van der Waals surface area (Å²) >= 11 is 0. The summed E-state index contributed by atoms with van der Waals surface area (Å²) in [5, 5.41) is 3.39. The van der Waals surface area contributed by atoms with Gasteiger partial charge in [0.25, 0.3) is 0 Å². The lowest BCUT2D eigenvalue weighted by Crippen LogP contribution is -2.20. The number of aryl methyl sites for hydroxylation is 1. The van der Waals surface area contributed by atoms with Gasteiger partial charge in [0.05, 0.1) is 12.0 Å².